The van der Waals surface area contributed by atoms with Crippen LogP contribution in [0, 0.1) is 0 Å². The number of ether oxygens (including phenoxy) is 2. The number of carboxylic acids is 1. The van der Waals surface area contributed by atoms with Crippen LogP contribution in [0.5, 0.6) is 11.5 Å². The Hall–Kier alpha value is -2.14. The molecular formula is C17H18O4S. The van der Waals surface area contributed by atoms with Gasteiger partial charge in [-0.25, -0.2) is 4.79 Å². The number of hydrogen-bond acceptors (Lipinski definition) is 4. The van der Waals surface area contributed by atoms with Gasteiger partial charge in [-0.2, -0.15) is 0 Å². The minimum atomic E-state index is -0.979. The van der Waals surface area contributed by atoms with Crippen molar-refractivity contribution in [2.45, 2.75) is 11.8 Å². The first kappa shape index (κ1) is 16.2. The Morgan fingerprint density at radius 1 is 1.14 bits per heavy atom. The second-order valence-electron chi connectivity index (χ2n) is 4.41. The molecule has 5 heteroatoms. The van der Waals surface area contributed by atoms with Crippen LogP contribution in [0.3, 0.4) is 0 Å². The fourth-order valence-electron chi connectivity index (χ4n) is 1.90. The molecule has 0 radical (unpaired) electrons. The van der Waals surface area contributed by atoms with Gasteiger partial charge >= 0.3 is 5.97 Å². The molecule has 0 unspecified atom stereocenters. The Bertz CT molecular complexity index is 628. The third-order valence-electron chi connectivity index (χ3n) is 2.84. The molecule has 0 fully saturated rings. The number of benzene rings is 2. The van der Waals surface area contributed by atoms with Crippen LogP contribution in [0.1, 0.15) is 17.3 Å². The van der Waals surface area contributed by atoms with Crippen molar-refractivity contribution in [1.82, 2.24) is 0 Å². The summed E-state index contributed by atoms with van der Waals surface area (Å²) in [6.45, 7) is 3.03. The van der Waals surface area contributed by atoms with Crippen molar-refractivity contribution in [3.05, 3.63) is 54.1 Å². The van der Waals surface area contributed by atoms with Crippen LogP contribution in [0.2, 0.25) is 0 Å². The van der Waals surface area contributed by atoms with E-state index in [0.29, 0.717) is 19.0 Å². The molecule has 1 N–H and O–H groups in total. The molecule has 4 nitrogen and oxygen atoms in total. The van der Waals surface area contributed by atoms with E-state index >= 15 is 0 Å². The summed E-state index contributed by atoms with van der Waals surface area (Å²) in [4.78, 5) is 12.2. The standard InChI is InChI=1S/C17H18O4S/c1-2-20-13-6-5-7-14(12-13)22-11-10-21-16-9-4-3-8-15(16)17(18)19/h3-9,12H,2,10-11H2,1H3,(H,18,19). The van der Waals surface area contributed by atoms with Crippen LogP contribution < -0.4 is 9.47 Å². The number of rotatable bonds is 8. The topological polar surface area (TPSA) is 55.8 Å². The van der Waals surface area contributed by atoms with Gasteiger partial charge in [0, 0.05) is 10.6 Å². The van der Waals surface area contributed by atoms with Crippen LogP contribution in [0.15, 0.2) is 53.4 Å². The summed E-state index contributed by atoms with van der Waals surface area (Å²) >= 11 is 1.64. The number of aromatic carboxylic acids is 1. The first-order valence-corrected chi connectivity index (χ1v) is 8.00. The molecule has 0 bridgehead atoms. The lowest BCUT2D eigenvalue weighted by atomic mass is 10.2. The van der Waals surface area contributed by atoms with Crippen LogP contribution in [0.25, 0.3) is 0 Å². The van der Waals surface area contributed by atoms with E-state index in [4.69, 9.17) is 14.6 Å². The summed E-state index contributed by atoms with van der Waals surface area (Å²) < 4.78 is 11.0. The van der Waals surface area contributed by atoms with Crippen molar-refractivity contribution in [2.24, 2.45) is 0 Å². The maximum Gasteiger partial charge on any atom is 0.339 e. The van der Waals surface area contributed by atoms with E-state index < -0.39 is 5.97 Å². The summed E-state index contributed by atoms with van der Waals surface area (Å²) in [5.74, 6) is 1.000. The number of para-hydroxylation sites is 1. The van der Waals surface area contributed by atoms with E-state index in [2.05, 4.69) is 0 Å². The molecule has 0 aromatic heterocycles. The van der Waals surface area contributed by atoms with Gasteiger partial charge in [-0.3, -0.25) is 0 Å². The van der Waals surface area contributed by atoms with Crippen LogP contribution in [-0.2, 0) is 0 Å². The minimum absolute atomic E-state index is 0.186. The largest absolute Gasteiger partial charge is 0.494 e. The summed E-state index contributed by atoms with van der Waals surface area (Å²) in [7, 11) is 0. The number of carboxylic acid groups (broad SMARTS) is 1. The SMILES string of the molecule is CCOc1cccc(SCCOc2ccccc2C(=O)O)c1. The average Bonchev–Trinajstić information content (AvgIpc) is 2.52. The van der Waals surface area contributed by atoms with E-state index in [1.54, 1.807) is 30.0 Å². The highest BCUT2D eigenvalue weighted by Crippen LogP contribution is 2.23. The summed E-state index contributed by atoms with van der Waals surface area (Å²) in [5, 5.41) is 9.08. The van der Waals surface area contributed by atoms with Gasteiger partial charge in [0.1, 0.15) is 17.1 Å². The fourth-order valence-corrected chi connectivity index (χ4v) is 2.68. The van der Waals surface area contributed by atoms with Gasteiger partial charge < -0.3 is 14.6 Å². The molecule has 2 rings (SSSR count). The van der Waals surface area contributed by atoms with Gasteiger partial charge in [0.25, 0.3) is 0 Å². The maximum absolute atomic E-state index is 11.1. The van der Waals surface area contributed by atoms with E-state index in [0.717, 1.165) is 16.4 Å². The quantitative estimate of drug-likeness (QED) is 0.590. The summed E-state index contributed by atoms with van der Waals surface area (Å²) in [6.07, 6.45) is 0. The van der Waals surface area contributed by atoms with Crippen molar-refractivity contribution in [2.75, 3.05) is 19.0 Å². The zero-order chi connectivity index (χ0) is 15.8. The second-order valence-corrected chi connectivity index (χ2v) is 5.57. The predicted molar refractivity (Wildman–Crippen MR) is 87.2 cm³/mol. The normalized spacial score (nSPS) is 10.2. The number of hydrogen-bond donors (Lipinski definition) is 1. The van der Waals surface area contributed by atoms with Gasteiger partial charge in [-0.1, -0.05) is 18.2 Å². The Labute approximate surface area is 134 Å². The molecule has 22 heavy (non-hydrogen) atoms. The second kappa shape index (κ2) is 8.34. The highest BCUT2D eigenvalue weighted by atomic mass is 32.2. The third kappa shape index (κ3) is 4.70. The minimum Gasteiger partial charge on any atom is -0.494 e. The van der Waals surface area contributed by atoms with Crippen molar-refractivity contribution < 1.29 is 19.4 Å². The average molecular weight is 318 g/mol. The molecule has 0 saturated heterocycles. The Morgan fingerprint density at radius 3 is 2.73 bits per heavy atom. The van der Waals surface area contributed by atoms with Crippen molar-refractivity contribution in [1.29, 1.82) is 0 Å². The van der Waals surface area contributed by atoms with Gasteiger partial charge in [0.05, 0.1) is 13.2 Å². The molecule has 2 aromatic rings. The zero-order valence-electron chi connectivity index (χ0n) is 12.3. The van der Waals surface area contributed by atoms with Crippen LogP contribution in [0.4, 0.5) is 0 Å². The highest BCUT2D eigenvalue weighted by Gasteiger charge is 2.09. The molecule has 0 aliphatic rings. The predicted octanol–water partition coefficient (Wildman–Crippen LogP) is 3.95. The van der Waals surface area contributed by atoms with Crippen molar-refractivity contribution >= 4 is 17.7 Å². The smallest absolute Gasteiger partial charge is 0.339 e. The summed E-state index contributed by atoms with van der Waals surface area (Å²) in [6, 6.07) is 14.5. The van der Waals surface area contributed by atoms with E-state index in [9.17, 15) is 4.79 Å². The molecule has 2 aromatic carbocycles. The maximum atomic E-state index is 11.1. The Kier molecular flexibility index (Phi) is 6.15. The molecule has 116 valence electrons. The number of carbonyl (C=O) groups is 1. The lowest BCUT2D eigenvalue weighted by Crippen LogP contribution is -2.05. The molecular weight excluding hydrogens is 300 g/mol. The molecule has 0 atom stereocenters. The van der Waals surface area contributed by atoms with E-state index in [1.807, 2.05) is 31.2 Å². The van der Waals surface area contributed by atoms with Gasteiger partial charge in [0.15, 0.2) is 0 Å². The monoisotopic (exact) mass is 318 g/mol. The van der Waals surface area contributed by atoms with Crippen molar-refractivity contribution in [3.8, 4) is 11.5 Å². The molecule has 0 saturated carbocycles. The Balaban J connectivity index is 1.85. The summed E-state index contributed by atoms with van der Waals surface area (Å²) in [5.41, 5.74) is 0.186. The van der Waals surface area contributed by atoms with Gasteiger partial charge in [-0.05, 0) is 37.3 Å². The highest BCUT2D eigenvalue weighted by molar-refractivity contribution is 7.99. The van der Waals surface area contributed by atoms with Gasteiger partial charge in [-0.15, -0.1) is 11.8 Å². The van der Waals surface area contributed by atoms with Gasteiger partial charge in [0.2, 0.25) is 0 Å². The van der Waals surface area contributed by atoms with Crippen molar-refractivity contribution in [3.63, 3.8) is 0 Å². The van der Waals surface area contributed by atoms with Crippen LogP contribution in [-0.4, -0.2) is 30.0 Å². The molecule has 0 heterocycles. The number of thioether (sulfide) groups is 1. The van der Waals surface area contributed by atoms with Crippen LogP contribution >= 0.6 is 11.8 Å². The van der Waals surface area contributed by atoms with E-state index in [1.165, 1.54) is 6.07 Å². The fraction of sp³-hybridized carbons (Fsp3) is 0.235. The molecule has 0 aliphatic carbocycles. The zero-order valence-corrected chi connectivity index (χ0v) is 13.1. The first-order chi connectivity index (χ1) is 10.7. The lowest BCUT2D eigenvalue weighted by Gasteiger charge is -2.09. The lowest BCUT2D eigenvalue weighted by molar-refractivity contribution is 0.0692. The molecule has 0 aliphatic heterocycles. The molecule has 0 spiro atoms. The van der Waals surface area contributed by atoms with E-state index in [-0.39, 0.29) is 5.56 Å². The molecule has 0 amide bonds. The third-order valence-corrected chi connectivity index (χ3v) is 3.80. The first-order valence-electron chi connectivity index (χ1n) is 7.01. The Morgan fingerprint density at radius 2 is 1.95 bits per heavy atom.